The van der Waals surface area contributed by atoms with Crippen LogP contribution < -0.4 is 10.0 Å². The fraction of sp³-hybridized carbons (Fsp3) is 0.222. The standard InChI is InChI=1S/C18H21N3O2/c1-4-23-18(22)17(14-8-6-5-7-9-14)20-19-15-10-12-16(13-11-15)21(2)3/h5-13,22H,4H2,1-3H3. The van der Waals surface area contributed by atoms with Gasteiger partial charge in [0.25, 0.3) is 0 Å². The summed E-state index contributed by atoms with van der Waals surface area (Å²) in [6.07, 6.45) is 0. The molecule has 23 heavy (non-hydrogen) atoms. The maximum absolute atomic E-state index is 12.1. The second kappa shape index (κ2) is 8.10. The van der Waals surface area contributed by atoms with Gasteiger partial charge in [0.2, 0.25) is 0 Å². The number of hydrogen-bond donors (Lipinski definition) is 1. The van der Waals surface area contributed by atoms with Crippen molar-refractivity contribution < 1.29 is 14.7 Å². The Morgan fingerprint density at radius 1 is 1.04 bits per heavy atom. The van der Waals surface area contributed by atoms with E-state index in [9.17, 15) is 5.11 Å². The predicted molar refractivity (Wildman–Crippen MR) is 88.4 cm³/mol. The van der Waals surface area contributed by atoms with Gasteiger partial charge < -0.3 is 14.7 Å². The van der Waals surface area contributed by atoms with E-state index >= 15 is 0 Å². The lowest BCUT2D eigenvalue weighted by atomic mass is 10.2. The Bertz CT molecular complexity index is 677. The molecule has 0 heterocycles. The minimum absolute atomic E-state index is 0.203. The van der Waals surface area contributed by atoms with E-state index in [2.05, 4.69) is 24.3 Å². The Labute approximate surface area is 136 Å². The summed E-state index contributed by atoms with van der Waals surface area (Å²) in [5.74, 6) is -0.475. The number of quaternary nitrogens is 1. The number of hydrogen-bond acceptors (Lipinski definition) is 4. The van der Waals surface area contributed by atoms with E-state index in [0.29, 0.717) is 17.9 Å². The van der Waals surface area contributed by atoms with E-state index in [1.54, 1.807) is 6.92 Å². The van der Waals surface area contributed by atoms with Crippen molar-refractivity contribution in [1.29, 1.82) is 0 Å². The largest absolute Gasteiger partial charge is 0.612 e. The first-order valence-corrected chi connectivity index (χ1v) is 7.53. The maximum atomic E-state index is 12.1. The van der Waals surface area contributed by atoms with E-state index in [1.807, 2.05) is 54.6 Å². The molecule has 0 saturated heterocycles. The molecule has 1 N–H and O–H groups in total. The number of azo groups is 1. The molecule has 2 rings (SSSR count). The first-order valence-electron chi connectivity index (χ1n) is 7.53. The van der Waals surface area contributed by atoms with Crippen LogP contribution in [0.25, 0.3) is 5.70 Å². The zero-order valence-electron chi connectivity index (χ0n) is 13.6. The van der Waals surface area contributed by atoms with E-state index in [0.717, 1.165) is 5.69 Å². The summed E-state index contributed by atoms with van der Waals surface area (Å²) in [4.78, 5) is 1.23. The number of nitrogens with zero attached hydrogens (tertiary/aromatic N) is 2. The lowest BCUT2D eigenvalue weighted by Gasteiger charge is -2.15. The summed E-state index contributed by atoms with van der Waals surface area (Å²) in [5, 5.41) is 20.4. The van der Waals surface area contributed by atoms with Crippen LogP contribution in [0.5, 0.6) is 0 Å². The van der Waals surface area contributed by atoms with E-state index in [-0.39, 0.29) is 5.70 Å². The molecule has 0 radical (unpaired) electrons. The molecule has 5 nitrogen and oxygen atoms in total. The van der Waals surface area contributed by atoms with Crippen LogP contribution in [0, 0.1) is 0 Å². The SMILES string of the molecule is CCOC([O-])=C(N=Nc1ccc([NH+](C)C)cc1)c1ccccc1. The van der Waals surface area contributed by atoms with Crippen LogP contribution in [0.2, 0.25) is 0 Å². The number of ether oxygens (including phenoxy) is 1. The van der Waals surface area contributed by atoms with Crippen molar-refractivity contribution in [3.05, 3.63) is 66.1 Å². The van der Waals surface area contributed by atoms with Crippen LogP contribution in [0.3, 0.4) is 0 Å². The number of rotatable bonds is 6. The quantitative estimate of drug-likeness (QED) is 0.657. The van der Waals surface area contributed by atoms with Crippen molar-refractivity contribution in [2.75, 3.05) is 20.7 Å². The predicted octanol–water partition coefficient (Wildman–Crippen LogP) is 2.27. The van der Waals surface area contributed by atoms with Crippen molar-refractivity contribution in [2.24, 2.45) is 10.2 Å². The molecule has 0 aliphatic carbocycles. The third-order valence-electron chi connectivity index (χ3n) is 3.23. The van der Waals surface area contributed by atoms with Gasteiger partial charge in [-0.25, -0.2) is 0 Å². The summed E-state index contributed by atoms with van der Waals surface area (Å²) in [7, 11) is 4.11. The molecule has 5 heteroatoms. The highest BCUT2D eigenvalue weighted by molar-refractivity contribution is 5.64. The van der Waals surface area contributed by atoms with Gasteiger partial charge in [-0.2, -0.15) is 5.11 Å². The van der Waals surface area contributed by atoms with Crippen molar-refractivity contribution in [3.8, 4) is 0 Å². The van der Waals surface area contributed by atoms with Crippen LogP contribution in [-0.4, -0.2) is 20.7 Å². The van der Waals surface area contributed by atoms with Crippen molar-refractivity contribution in [3.63, 3.8) is 0 Å². The summed E-state index contributed by atoms with van der Waals surface area (Å²) >= 11 is 0. The average molecular weight is 311 g/mol. The minimum Gasteiger partial charge on any atom is -0.612 e. The number of benzene rings is 2. The van der Waals surface area contributed by atoms with Crippen LogP contribution in [0.4, 0.5) is 11.4 Å². The zero-order valence-corrected chi connectivity index (χ0v) is 13.6. The molecular weight excluding hydrogens is 290 g/mol. The lowest BCUT2D eigenvalue weighted by molar-refractivity contribution is -0.786. The van der Waals surface area contributed by atoms with Crippen molar-refractivity contribution in [2.45, 2.75) is 6.92 Å². The topological polar surface area (TPSA) is 61.4 Å². The molecule has 0 aromatic heterocycles. The molecular formula is C18H21N3O2. The smallest absolute Gasteiger partial charge is 0.130 e. The molecule has 2 aromatic carbocycles. The van der Waals surface area contributed by atoms with E-state index in [1.165, 1.54) is 4.90 Å². The third-order valence-corrected chi connectivity index (χ3v) is 3.23. The highest BCUT2D eigenvalue weighted by Crippen LogP contribution is 2.22. The molecule has 0 aliphatic heterocycles. The Kier molecular flexibility index (Phi) is 5.88. The fourth-order valence-electron chi connectivity index (χ4n) is 1.98. The second-order valence-electron chi connectivity index (χ2n) is 5.18. The molecule has 0 saturated carbocycles. The van der Waals surface area contributed by atoms with Crippen LogP contribution >= 0.6 is 0 Å². The molecule has 2 aromatic rings. The molecule has 0 aliphatic rings. The fourth-order valence-corrected chi connectivity index (χ4v) is 1.98. The average Bonchev–Trinajstić information content (AvgIpc) is 2.57. The molecule has 0 amide bonds. The minimum atomic E-state index is -0.475. The van der Waals surface area contributed by atoms with Gasteiger partial charge in [-0.1, -0.05) is 37.3 Å². The maximum Gasteiger partial charge on any atom is 0.130 e. The Morgan fingerprint density at radius 3 is 2.26 bits per heavy atom. The van der Waals surface area contributed by atoms with Gasteiger partial charge in [0.1, 0.15) is 11.4 Å². The van der Waals surface area contributed by atoms with Crippen LogP contribution in [-0.2, 0) is 4.74 Å². The molecule has 0 bridgehead atoms. The van der Waals surface area contributed by atoms with Crippen molar-refractivity contribution >= 4 is 17.1 Å². The van der Waals surface area contributed by atoms with Gasteiger partial charge >= 0.3 is 0 Å². The summed E-state index contributed by atoms with van der Waals surface area (Å²) in [6.45, 7) is 2.06. The van der Waals surface area contributed by atoms with Gasteiger partial charge in [-0.3, -0.25) is 0 Å². The zero-order chi connectivity index (χ0) is 16.7. The molecule has 0 unspecified atom stereocenters. The highest BCUT2D eigenvalue weighted by atomic mass is 16.6. The Morgan fingerprint density at radius 2 is 1.70 bits per heavy atom. The molecule has 0 spiro atoms. The second-order valence-corrected chi connectivity index (χ2v) is 5.18. The highest BCUT2D eigenvalue weighted by Gasteiger charge is 2.04. The van der Waals surface area contributed by atoms with Gasteiger partial charge in [-0.05, 0) is 18.7 Å². The van der Waals surface area contributed by atoms with Crippen LogP contribution in [0.15, 0.2) is 70.8 Å². The monoisotopic (exact) mass is 311 g/mol. The van der Waals surface area contributed by atoms with Gasteiger partial charge in [-0.15, -0.1) is 5.11 Å². The van der Waals surface area contributed by atoms with E-state index in [4.69, 9.17) is 4.74 Å². The normalized spacial score (nSPS) is 12.5. The summed E-state index contributed by atoms with van der Waals surface area (Å²) in [5.41, 5.74) is 2.73. The Balaban J connectivity index is 2.29. The van der Waals surface area contributed by atoms with Gasteiger partial charge in [0.05, 0.1) is 25.7 Å². The summed E-state index contributed by atoms with van der Waals surface area (Å²) < 4.78 is 5.06. The third kappa shape index (κ3) is 4.66. The molecule has 0 atom stereocenters. The van der Waals surface area contributed by atoms with E-state index < -0.39 is 5.95 Å². The van der Waals surface area contributed by atoms with Gasteiger partial charge in [0.15, 0.2) is 0 Å². The molecule has 0 fully saturated rings. The number of nitrogens with one attached hydrogen (secondary N) is 1. The first kappa shape index (κ1) is 16.7. The summed E-state index contributed by atoms with van der Waals surface area (Å²) in [6, 6.07) is 16.9. The first-order chi connectivity index (χ1) is 11.1. The van der Waals surface area contributed by atoms with Crippen LogP contribution in [0.1, 0.15) is 12.5 Å². The van der Waals surface area contributed by atoms with Crippen molar-refractivity contribution in [1.82, 2.24) is 0 Å². The Hall–Kier alpha value is -2.66. The molecule has 120 valence electrons. The van der Waals surface area contributed by atoms with Gasteiger partial charge in [0, 0.05) is 17.7 Å². The lowest BCUT2D eigenvalue weighted by Crippen LogP contribution is -3.00.